The van der Waals surface area contributed by atoms with Crippen LogP contribution in [0.2, 0.25) is 0 Å². The van der Waals surface area contributed by atoms with Crippen LogP contribution in [0, 0.1) is 6.92 Å². The molecule has 112 valence electrons. The Morgan fingerprint density at radius 2 is 2.14 bits per heavy atom. The molecule has 1 fully saturated rings. The van der Waals surface area contributed by atoms with Crippen molar-refractivity contribution >= 4 is 15.7 Å². The summed E-state index contributed by atoms with van der Waals surface area (Å²) in [5.41, 5.74) is 7.90. The molecule has 21 heavy (non-hydrogen) atoms. The Labute approximate surface area is 124 Å². The third-order valence-electron chi connectivity index (χ3n) is 3.98. The normalized spacial score (nSPS) is 20.0. The van der Waals surface area contributed by atoms with Crippen LogP contribution < -0.4 is 5.73 Å². The van der Waals surface area contributed by atoms with Gasteiger partial charge in [-0.1, -0.05) is 6.07 Å². The molecule has 6 heteroatoms. The summed E-state index contributed by atoms with van der Waals surface area (Å²) >= 11 is 0. The van der Waals surface area contributed by atoms with Gasteiger partial charge in [0.25, 0.3) is 0 Å². The van der Waals surface area contributed by atoms with Crippen molar-refractivity contribution in [3.8, 4) is 0 Å². The van der Waals surface area contributed by atoms with Gasteiger partial charge in [-0.15, -0.1) is 0 Å². The van der Waals surface area contributed by atoms with E-state index in [0.717, 1.165) is 24.1 Å². The standard InChI is InChI=1S/C15H19N3O2S/c1-11-6-7-12(16)10-15(11)21(19,20)18-9-3-5-14(18)13-4-2-8-17-13/h2,4,6-8,10,14,17H,3,5,9,16H2,1H3. The molecular weight excluding hydrogens is 286 g/mol. The molecule has 1 aliphatic rings. The third-order valence-corrected chi connectivity index (χ3v) is 6.03. The number of nitrogens with zero attached hydrogens (tertiary/aromatic N) is 1. The SMILES string of the molecule is Cc1ccc(N)cc1S(=O)(=O)N1CCCC1c1ccc[nH]1. The van der Waals surface area contributed by atoms with Crippen molar-refractivity contribution in [3.05, 3.63) is 47.8 Å². The quantitative estimate of drug-likeness (QED) is 0.855. The van der Waals surface area contributed by atoms with E-state index in [1.807, 2.05) is 18.3 Å². The van der Waals surface area contributed by atoms with Gasteiger partial charge in [0, 0.05) is 24.1 Å². The Morgan fingerprint density at radius 3 is 2.86 bits per heavy atom. The lowest BCUT2D eigenvalue weighted by Gasteiger charge is -2.24. The third kappa shape index (κ3) is 2.45. The minimum Gasteiger partial charge on any atom is -0.399 e. The Bertz CT molecular complexity index is 738. The molecule has 1 aromatic carbocycles. The Hall–Kier alpha value is -1.79. The van der Waals surface area contributed by atoms with E-state index in [2.05, 4.69) is 4.98 Å². The maximum Gasteiger partial charge on any atom is 0.244 e. The fourth-order valence-corrected chi connectivity index (χ4v) is 4.85. The zero-order chi connectivity index (χ0) is 15.0. The number of aromatic amines is 1. The molecule has 5 nitrogen and oxygen atoms in total. The number of nitrogens with one attached hydrogen (secondary N) is 1. The van der Waals surface area contributed by atoms with Gasteiger partial charge in [-0.25, -0.2) is 8.42 Å². The molecule has 1 unspecified atom stereocenters. The average molecular weight is 305 g/mol. The second-order valence-electron chi connectivity index (χ2n) is 5.42. The molecule has 1 atom stereocenters. The molecule has 0 aliphatic carbocycles. The highest BCUT2D eigenvalue weighted by Gasteiger charge is 2.37. The molecule has 1 aliphatic heterocycles. The summed E-state index contributed by atoms with van der Waals surface area (Å²) in [6, 6.07) is 8.73. The lowest BCUT2D eigenvalue weighted by Crippen LogP contribution is -2.31. The predicted octanol–water partition coefficient (Wildman–Crippen LogP) is 2.43. The van der Waals surface area contributed by atoms with Gasteiger partial charge in [0.15, 0.2) is 0 Å². The van der Waals surface area contributed by atoms with Crippen molar-refractivity contribution in [2.75, 3.05) is 12.3 Å². The van der Waals surface area contributed by atoms with E-state index in [4.69, 9.17) is 5.73 Å². The highest BCUT2D eigenvalue weighted by atomic mass is 32.2. The number of hydrogen-bond donors (Lipinski definition) is 2. The first-order valence-electron chi connectivity index (χ1n) is 7.01. The number of hydrogen-bond acceptors (Lipinski definition) is 3. The van der Waals surface area contributed by atoms with Crippen molar-refractivity contribution in [2.24, 2.45) is 0 Å². The second kappa shape index (κ2) is 5.20. The van der Waals surface area contributed by atoms with E-state index in [1.54, 1.807) is 29.4 Å². The molecule has 0 saturated carbocycles. The number of nitrogens with two attached hydrogens (primary N) is 1. The van der Waals surface area contributed by atoms with Gasteiger partial charge < -0.3 is 10.7 Å². The molecule has 1 aromatic heterocycles. The molecule has 0 radical (unpaired) electrons. The van der Waals surface area contributed by atoms with Crippen LogP contribution in [-0.4, -0.2) is 24.3 Å². The Balaban J connectivity index is 2.03. The van der Waals surface area contributed by atoms with Crippen LogP contribution in [0.3, 0.4) is 0 Å². The zero-order valence-electron chi connectivity index (χ0n) is 11.9. The summed E-state index contributed by atoms with van der Waals surface area (Å²) in [4.78, 5) is 3.43. The summed E-state index contributed by atoms with van der Waals surface area (Å²) in [5.74, 6) is 0. The van der Waals surface area contributed by atoms with E-state index in [-0.39, 0.29) is 6.04 Å². The van der Waals surface area contributed by atoms with Crippen LogP contribution in [0.15, 0.2) is 41.4 Å². The number of rotatable bonds is 3. The van der Waals surface area contributed by atoms with Gasteiger partial charge >= 0.3 is 0 Å². The first-order valence-corrected chi connectivity index (χ1v) is 8.45. The van der Waals surface area contributed by atoms with Crippen molar-refractivity contribution < 1.29 is 8.42 Å². The smallest absolute Gasteiger partial charge is 0.244 e. The summed E-state index contributed by atoms with van der Waals surface area (Å²) < 4.78 is 27.5. The summed E-state index contributed by atoms with van der Waals surface area (Å²) in [5, 5.41) is 0. The maximum atomic E-state index is 13.0. The van der Waals surface area contributed by atoms with Gasteiger partial charge in [0.05, 0.1) is 10.9 Å². The molecule has 0 bridgehead atoms. The first kappa shape index (κ1) is 14.2. The van der Waals surface area contributed by atoms with Gasteiger partial charge in [0.2, 0.25) is 10.0 Å². The van der Waals surface area contributed by atoms with Crippen LogP contribution in [0.1, 0.15) is 30.1 Å². The lowest BCUT2D eigenvalue weighted by molar-refractivity contribution is 0.391. The maximum absolute atomic E-state index is 13.0. The fraction of sp³-hybridized carbons (Fsp3) is 0.333. The number of aromatic nitrogens is 1. The highest BCUT2D eigenvalue weighted by molar-refractivity contribution is 7.89. The van der Waals surface area contributed by atoms with E-state index < -0.39 is 10.0 Å². The highest BCUT2D eigenvalue weighted by Crippen LogP contribution is 2.36. The number of nitrogen functional groups attached to an aromatic ring is 1. The molecule has 0 spiro atoms. The van der Waals surface area contributed by atoms with Crippen molar-refractivity contribution in [1.29, 1.82) is 0 Å². The van der Waals surface area contributed by atoms with Gasteiger partial charge in [-0.2, -0.15) is 4.31 Å². The van der Waals surface area contributed by atoms with Gasteiger partial charge in [0.1, 0.15) is 0 Å². The summed E-state index contributed by atoms with van der Waals surface area (Å²) in [7, 11) is -3.53. The Morgan fingerprint density at radius 1 is 1.33 bits per heavy atom. The van der Waals surface area contributed by atoms with Crippen LogP contribution in [0.4, 0.5) is 5.69 Å². The zero-order valence-corrected chi connectivity index (χ0v) is 12.7. The molecule has 2 heterocycles. The number of sulfonamides is 1. The summed E-state index contributed by atoms with van der Waals surface area (Å²) in [6.45, 7) is 2.34. The molecule has 2 aromatic rings. The molecule has 0 amide bonds. The molecule has 1 saturated heterocycles. The van der Waals surface area contributed by atoms with Crippen molar-refractivity contribution in [2.45, 2.75) is 30.7 Å². The number of benzene rings is 1. The minimum atomic E-state index is -3.53. The topological polar surface area (TPSA) is 79.2 Å². The minimum absolute atomic E-state index is 0.120. The van der Waals surface area contributed by atoms with Gasteiger partial charge in [-0.3, -0.25) is 0 Å². The number of anilines is 1. The summed E-state index contributed by atoms with van der Waals surface area (Å²) in [6.07, 6.45) is 3.52. The van der Waals surface area contributed by atoms with E-state index in [9.17, 15) is 8.42 Å². The van der Waals surface area contributed by atoms with E-state index >= 15 is 0 Å². The molecule has 3 rings (SSSR count). The van der Waals surface area contributed by atoms with Crippen LogP contribution in [0.25, 0.3) is 0 Å². The largest absolute Gasteiger partial charge is 0.399 e. The second-order valence-corrected chi connectivity index (χ2v) is 7.28. The first-order chi connectivity index (χ1) is 10.00. The molecular formula is C15H19N3O2S. The number of aryl methyl sites for hydroxylation is 1. The van der Waals surface area contributed by atoms with Gasteiger partial charge in [-0.05, 0) is 49.6 Å². The van der Waals surface area contributed by atoms with Crippen LogP contribution in [-0.2, 0) is 10.0 Å². The average Bonchev–Trinajstić information content (AvgIpc) is 3.10. The number of H-pyrrole nitrogens is 1. The van der Waals surface area contributed by atoms with Crippen LogP contribution in [0.5, 0.6) is 0 Å². The van der Waals surface area contributed by atoms with Crippen molar-refractivity contribution in [1.82, 2.24) is 9.29 Å². The predicted molar refractivity (Wildman–Crippen MR) is 82.3 cm³/mol. The monoisotopic (exact) mass is 305 g/mol. The molecule has 3 N–H and O–H groups in total. The lowest BCUT2D eigenvalue weighted by atomic mass is 10.2. The van der Waals surface area contributed by atoms with Crippen LogP contribution >= 0.6 is 0 Å². The van der Waals surface area contributed by atoms with Crippen molar-refractivity contribution in [3.63, 3.8) is 0 Å². The Kier molecular flexibility index (Phi) is 3.51. The van der Waals surface area contributed by atoms with E-state index in [1.165, 1.54) is 0 Å². The van der Waals surface area contributed by atoms with E-state index in [0.29, 0.717) is 17.1 Å². The fourth-order valence-electron chi connectivity index (χ4n) is 2.91.